The Bertz CT molecular complexity index is 869. The normalized spacial score (nSPS) is 11.9. The number of carbonyl (C=O) groups is 1. The zero-order valence-corrected chi connectivity index (χ0v) is 20.3. The summed E-state index contributed by atoms with van der Waals surface area (Å²) >= 11 is 1.75. The number of anilines is 1. The smallest absolute Gasteiger partial charge is 0.412 e. The molecule has 1 aromatic carbocycles. The molecule has 0 aliphatic rings. The predicted octanol–water partition coefficient (Wildman–Crippen LogP) is 4.45. The van der Waals surface area contributed by atoms with Gasteiger partial charge in [-0.15, -0.1) is 11.3 Å². The summed E-state index contributed by atoms with van der Waals surface area (Å²) in [6.07, 6.45) is 1.31. The van der Waals surface area contributed by atoms with E-state index in [-0.39, 0.29) is 0 Å². The first-order chi connectivity index (χ1) is 14.7. The van der Waals surface area contributed by atoms with Crippen molar-refractivity contribution in [2.45, 2.75) is 60.0 Å². The van der Waals surface area contributed by atoms with Crippen LogP contribution >= 0.6 is 11.3 Å². The van der Waals surface area contributed by atoms with Crippen molar-refractivity contribution in [3.63, 3.8) is 0 Å². The van der Waals surface area contributed by atoms with Crippen LogP contribution in [0.15, 0.2) is 29.3 Å². The molecule has 0 saturated carbocycles. The Morgan fingerprint density at radius 1 is 1.13 bits per heavy atom. The SMILES string of the molecule is CCNC(=NCCc1sc(C)nc1C)NCCc1ccc(NC(=O)OC(C)(C)C)cc1. The summed E-state index contributed by atoms with van der Waals surface area (Å²) in [5, 5.41) is 10.5. The maximum Gasteiger partial charge on any atom is 0.412 e. The first-order valence-electron chi connectivity index (χ1n) is 10.7. The molecule has 0 spiro atoms. The molecule has 170 valence electrons. The first kappa shape index (κ1) is 24.7. The van der Waals surface area contributed by atoms with Gasteiger partial charge in [-0.1, -0.05) is 12.1 Å². The van der Waals surface area contributed by atoms with E-state index < -0.39 is 11.7 Å². The van der Waals surface area contributed by atoms with E-state index in [1.807, 2.05) is 52.0 Å². The van der Waals surface area contributed by atoms with Crippen LogP contribution in [-0.4, -0.2) is 42.3 Å². The summed E-state index contributed by atoms with van der Waals surface area (Å²) in [5.74, 6) is 0.824. The van der Waals surface area contributed by atoms with Crippen molar-refractivity contribution in [1.29, 1.82) is 0 Å². The van der Waals surface area contributed by atoms with Gasteiger partial charge in [-0.2, -0.15) is 0 Å². The molecule has 0 fully saturated rings. The van der Waals surface area contributed by atoms with Gasteiger partial charge in [0.1, 0.15) is 5.60 Å². The second kappa shape index (κ2) is 11.7. The van der Waals surface area contributed by atoms with E-state index in [4.69, 9.17) is 4.74 Å². The van der Waals surface area contributed by atoms with Crippen molar-refractivity contribution < 1.29 is 9.53 Å². The van der Waals surface area contributed by atoms with Crippen molar-refractivity contribution in [3.05, 3.63) is 45.4 Å². The van der Waals surface area contributed by atoms with Crippen LogP contribution in [-0.2, 0) is 17.6 Å². The lowest BCUT2D eigenvalue weighted by Crippen LogP contribution is -2.38. The Labute approximate surface area is 189 Å². The average molecular weight is 446 g/mol. The number of thiazole rings is 1. The highest BCUT2D eigenvalue weighted by atomic mass is 32.1. The number of rotatable bonds is 8. The van der Waals surface area contributed by atoms with Crippen LogP contribution in [0.1, 0.15) is 48.8 Å². The molecule has 7 nitrogen and oxygen atoms in total. The summed E-state index contributed by atoms with van der Waals surface area (Å²) in [4.78, 5) is 22.3. The molecule has 1 amide bonds. The molecule has 0 aliphatic carbocycles. The highest BCUT2D eigenvalue weighted by Gasteiger charge is 2.16. The van der Waals surface area contributed by atoms with Gasteiger partial charge in [-0.25, -0.2) is 9.78 Å². The number of benzene rings is 1. The third kappa shape index (κ3) is 9.38. The van der Waals surface area contributed by atoms with Crippen molar-refractivity contribution in [2.75, 3.05) is 25.0 Å². The zero-order valence-electron chi connectivity index (χ0n) is 19.5. The summed E-state index contributed by atoms with van der Waals surface area (Å²) in [6.45, 7) is 14.0. The summed E-state index contributed by atoms with van der Waals surface area (Å²) in [7, 11) is 0. The largest absolute Gasteiger partial charge is 0.444 e. The number of ether oxygens (including phenoxy) is 1. The van der Waals surface area contributed by atoms with E-state index in [0.29, 0.717) is 0 Å². The zero-order chi connectivity index (χ0) is 22.9. The third-order valence-electron chi connectivity index (χ3n) is 4.26. The number of nitrogens with zero attached hydrogens (tertiary/aromatic N) is 2. The minimum atomic E-state index is -0.514. The minimum Gasteiger partial charge on any atom is -0.444 e. The molecule has 3 N–H and O–H groups in total. The van der Waals surface area contributed by atoms with Crippen LogP contribution in [0.25, 0.3) is 0 Å². The molecule has 8 heteroatoms. The lowest BCUT2D eigenvalue weighted by Gasteiger charge is -2.19. The van der Waals surface area contributed by atoms with Gasteiger partial charge in [0, 0.05) is 36.6 Å². The van der Waals surface area contributed by atoms with Gasteiger partial charge in [0.25, 0.3) is 0 Å². The number of carbonyl (C=O) groups excluding carboxylic acids is 1. The highest BCUT2D eigenvalue weighted by Crippen LogP contribution is 2.17. The van der Waals surface area contributed by atoms with Crippen molar-refractivity contribution >= 4 is 29.1 Å². The van der Waals surface area contributed by atoms with E-state index in [9.17, 15) is 4.79 Å². The van der Waals surface area contributed by atoms with Gasteiger partial charge in [0.2, 0.25) is 0 Å². The minimum absolute atomic E-state index is 0.447. The summed E-state index contributed by atoms with van der Waals surface area (Å²) in [5.41, 5.74) is 2.49. The quantitative estimate of drug-likeness (QED) is 0.413. The number of amides is 1. The Morgan fingerprint density at radius 2 is 1.84 bits per heavy atom. The van der Waals surface area contributed by atoms with Crippen LogP contribution in [0.3, 0.4) is 0 Å². The monoisotopic (exact) mass is 445 g/mol. The number of guanidine groups is 1. The molecule has 1 aromatic heterocycles. The molecular formula is C23H35N5O2S. The van der Waals surface area contributed by atoms with Crippen LogP contribution in [0.5, 0.6) is 0 Å². The van der Waals surface area contributed by atoms with Crippen molar-refractivity contribution in [1.82, 2.24) is 15.6 Å². The van der Waals surface area contributed by atoms with Gasteiger partial charge >= 0.3 is 6.09 Å². The van der Waals surface area contributed by atoms with Crippen LogP contribution in [0.4, 0.5) is 10.5 Å². The fraction of sp³-hybridized carbons (Fsp3) is 0.522. The summed E-state index contributed by atoms with van der Waals surface area (Å²) in [6, 6.07) is 7.79. The van der Waals surface area contributed by atoms with Gasteiger partial charge in [-0.3, -0.25) is 10.3 Å². The van der Waals surface area contributed by atoms with Crippen LogP contribution in [0.2, 0.25) is 0 Å². The van der Waals surface area contributed by atoms with E-state index in [0.717, 1.165) is 54.8 Å². The van der Waals surface area contributed by atoms with E-state index in [1.165, 1.54) is 10.4 Å². The number of aliphatic imine (C=N–C) groups is 1. The first-order valence-corrected chi connectivity index (χ1v) is 11.5. The molecule has 0 saturated heterocycles. The maximum atomic E-state index is 11.9. The fourth-order valence-electron chi connectivity index (χ4n) is 2.92. The molecule has 0 unspecified atom stereocenters. The number of aromatic nitrogens is 1. The number of aryl methyl sites for hydroxylation is 2. The molecule has 31 heavy (non-hydrogen) atoms. The Hall–Kier alpha value is -2.61. The lowest BCUT2D eigenvalue weighted by molar-refractivity contribution is 0.0636. The number of hydrogen-bond donors (Lipinski definition) is 3. The number of nitrogens with one attached hydrogen (secondary N) is 3. The Morgan fingerprint density at radius 3 is 2.42 bits per heavy atom. The fourth-order valence-corrected chi connectivity index (χ4v) is 3.84. The molecule has 1 heterocycles. The van der Waals surface area contributed by atoms with E-state index >= 15 is 0 Å². The maximum absolute atomic E-state index is 11.9. The van der Waals surface area contributed by atoms with Gasteiger partial charge in [-0.05, 0) is 65.7 Å². The highest BCUT2D eigenvalue weighted by molar-refractivity contribution is 7.11. The van der Waals surface area contributed by atoms with Gasteiger partial charge in [0.05, 0.1) is 10.7 Å². The van der Waals surface area contributed by atoms with E-state index in [1.54, 1.807) is 11.3 Å². The Balaban J connectivity index is 1.79. The summed E-state index contributed by atoms with van der Waals surface area (Å²) < 4.78 is 5.27. The topological polar surface area (TPSA) is 87.6 Å². The second-order valence-corrected chi connectivity index (χ2v) is 9.54. The average Bonchev–Trinajstić information content (AvgIpc) is 2.99. The Kier molecular flexibility index (Phi) is 9.30. The van der Waals surface area contributed by atoms with Crippen molar-refractivity contribution in [2.24, 2.45) is 4.99 Å². The number of hydrogen-bond acceptors (Lipinski definition) is 5. The second-order valence-electron chi connectivity index (χ2n) is 8.25. The van der Waals surface area contributed by atoms with Crippen LogP contribution < -0.4 is 16.0 Å². The molecule has 2 aromatic rings. The third-order valence-corrected chi connectivity index (χ3v) is 5.39. The van der Waals surface area contributed by atoms with Gasteiger partial charge in [0.15, 0.2) is 5.96 Å². The standard InChI is InChI=1S/C23H35N5O2S/c1-7-24-21(26-15-13-20-16(2)27-17(3)31-20)25-14-12-18-8-10-19(11-9-18)28-22(29)30-23(4,5)6/h8-11H,7,12-15H2,1-6H3,(H,28,29)(H2,24,25,26). The molecule has 0 bridgehead atoms. The van der Waals surface area contributed by atoms with Crippen LogP contribution in [0, 0.1) is 13.8 Å². The van der Waals surface area contributed by atoms with E-state index in [2.05, 4.69) is 39.8 Å². The molecule has 0 radical (unpaired) electrons. The van der Waals surface area contributed by atoms with Crippen molar-refractivity contribution in [3.8, 4) is 0 Å². The van der Waals surface area contributed by atoms with Gasteiger partial charge < -0.3 is 15.4 Å². The lowest BCUT2D eigenvalue weighted by atomic mass is 10.1. The molecular weight excluding hydrogens is 410 g/mol. The predicted molar refractivity (Wildman–Crippen MR) is 129 cm³/mol. The molecule has 0 aliphatic heterocycles. The molecule has 0 atom stereocenters. The molecule has 2 rings (SSSR count).